The molecule has 1 saturated heterocycles. The molecule has 0 bridgehead atoms. The molecule has 3 aromatic rings. The second-order valence-electron chi connectivity index (χ2n) is 7.85. The number of aliphatic hydroxyl groups is 1. The fourth-order valence-corrected chi connectivity index (χ4v) is 4.15. The Morgan fingerprint density at radius 2 is 1.79 bits per heavy atom. The molecule has 4 nitrogen and oxygen atoms in total. The topological polar surface area (TPSA) is 49.2 Å². The van der Waals surface area contributed by atoms with E-state index in [1.54, 1.807) is 0 Å². The number of aryl methyl sites for hydroxylation is 2. The van der Waals surface area contributed by atoms with Gasteiger partial charge in [0.1, 0.15) is 5.69 Å². The molecule has 0 spiro atoms. The summed E-state index contributed by atoms with van der Waals surface area (Å²) in [5, 5.41) is 10.4. The van der Waals surface area contributed by atoms with Crippen LogP contribution in [0, 0.1) is 6.92 Å². The normalized spacial score (nSPS) is 17.2. The summed E-state index contributed by atoms with van der Waals surface area (Å²) in [6.45, 7) is 5.77. The maximum absolute atomic E-state index is 10.4. The number of hydrogen-bond donors (Lipinski definition) is 1. The first-order valence-electron chi connectivity index (χ1n) is 10.6. The Morgan fingerprint density at radius 1 is 1.03 bits per heavy atom. The van der Waals surface area contributed by atoms with Gasteiger partial charge in [0.15, 0.2) is 5.82 Å². The van der Waals surface area contributed by atoms with Crippen LogP contribution in [0.4, 0.5) is 5.82 Å². The third-order valence-corrected chi connectivity index (χ3v) is 5.77. The second-order valence-corrected chi connectivity index (χ2v) is 7.85. The number of nitrogens with zero attached hydrogens (tertiary/aromatic N) is 3. The molecule has 2 heterocycles. The zero-order chi connectivity index (χ0) is 20.2. The fourth-order valence-electron chi connectivity index (χ4n) is 4.15. The predicted octanol–water partition coefficient (Wildman–Crippen LogP) is 5.03. The van der Waals surface area contributed by atoms with E-state index >= 15 is 0 Å². The lowest BCUT2D eigenvalue weighted by atomic mass is 10.0. The Labute approximate surface area is 173 Å². The molecule has 150 valence electrons. The number of anilines is 1. The number of benzene rings is 2. The van der Waals surface area contributed by atoms with Crippen molar-refractivity contribution in [2.45, 2.75) is 45.6 Å². The van der Waals surface area contributed by atoms with Gasteiger partial charge in [-0.3, -0.25) is 4.98 Å². The molecule has 0 amide bonds. The SMILES string of the molecule is CCc1ccccc1-c1ncc(-c2ccccc2C)nc1N1CCCCC(O)C1. The van der Waals surface area contributed by atoms with E-state index < -0.39 is 0 Å². The average molecular weight is 388 g/mol. The zero-order valence-electron chi connectivity index (χ0n) is 17.3. The van der Waals surface area contributed by atoms with Crippen LogP contribution in [-0.4, -0.2) is 34.3 Å². The molecule has 4 heteroatoms. The summed E-state index contributed by atoms with van der Waals surface area (Å²) in [5.74, 6) is 0.882. The second kappa shape index (κ2) is 8.75. The van der Waals surface area contributed by atoms with Gasteiger partial charge in [0, 0.05) is 24.2 Å². The first-order chi connectivity index (χ1) is 14.2. The smallest absolute Gasteiger partial charge is 0.156 e. The summed E-state index contributed by atoms with van der Waals surface area (Å²) in [6.07, 6.45) is 5.46. The molecule has 1 aliphatic rings. The first kappa shape index (κ1) is 19.6. The minimum Gasteiger partial charge on any atom is -0.391 e. The van der Waals surface area contributed by atoms with Crippen LogP contribution < -0.4 is 4.90 Å². The Hall–Kier alpha value is -2.72. The summed E-state index contributed by atoms with van der Waals surface area (Å²) in [4.78, 5) is 12.3. The summed E-state index contributed by atoms with van der Waals surface area (Å²) in [5.41, 5.74) is 6.48. The maximum atomic E-state index is 10.4. The van der Waals surface area contributed by atoms with E-state index in [0.29, 0.717) is 6.54 Å². The van der Waals surface area contributed by atoms with E-state index in [4.69, 9.17) is 9.97 Å². The van der Waals surface area contributed by atoms with Crippen LogP contribution in [0.15, 0.2) is 54.7 Å². The van der Waals surface area contributed by atoms with Crippen LogP contribution in [0.3, 0.4) is 0 Å². The highest BCUT2D eigenvalue weighted by molar-refractivity contribution is 5.77. The van der Waals surface area contributed by atoms with Gasteiger partial charge in [-0.25, -0.2) is 4.98 Å². The minimum atomic E-state index is -0.323. The van der Waals surface area contributed by atoms with Crippen molar-refractivity contribution in [1.82, 2.24) is 9.97 Å². The molecule has 1 unspecified atom stereocenters. The molecule has 2 aromatic carbocycles. The van der Waals surface area contributed by atoms with Crippen molar-refractivity contribution < 1.29 is 5.11 Å². The van der Waals surface area contributed by atoms with E-state index in [1.165, 1.54) is 11.1 Å². The highest BCUT2D eigenvalue weighted by Crippen LogP contribution is 2.34. The lowest BCUT2D eigenvalue weighted by Gasteiger charge is -2.26. The molecule has 0 saturated carbocycles. The number of hydrogen-bond acceptors (Lipinski definition) is 4. The number of aliphatic hydroxyl groups excluding tert-OH is 1. The molecule has 1 fully saturated rings. The monoisotopic (exact) mass is 387 g/mol. The lowest BCUT2D eigenvalue weighted by molar-refractivity contribution is 0.174. The highest BCUT2D eigenvalue weighted by atomic mass is 16.3. The molecule has 1 aliphatic heterocycles. The maximum Gasteiger partial charge on any atom is 0.156 e. The average Bonchev–Trinajstić information content (AvgIpc) is 2.98. The minimum absolute atomic E-state index is 0.323. The van der Waals surface area contributed by atoms with Crippen molar-refractivity contribution >= 4 is 5.82 Å². The molecule has 0 aliphatic carbocycles. The Kier molecular flexibility index (Phi) is 5.91. The van der Waals surface area contributed by atoms with E-state index in [-0.39, 0.29) is 6.10 Å². The van der Waals surface area contributed by atoms with E-state index in [9.17, 15) is 5.11 Å². The van der Waals surface area contributed by atoms with Crippen LogP contribution in [0.25, 0.3) is 22.5 Å². The first-order valence-corrected chi connectivity index (χ1v) is 10.6. The molecule has 1 N–H and O–H groups in total. The summed E-state index contributed by atoms with van der Waals surface area (Å²) < 4.78 is 0. The van der Waals surface area contributed by atoms with Crippen LogP contribution in [0.1, 0.15) is 37.3 Å². The molecule has 1 aromatic heterocycles. The van der Waals surface area contributed by atoms with Gasteiger partial charge in [-0.05, 0) is 43.7 Å². The molecule has 0 radical (unpaired) electrons. The van der Waals surface area contributed by atoms with Crippen LogP contribution in [-0.2, 0) is 6.42 Å². The highest BCUT2D eigenvalue weighted by Gasteiger charge is 2.23. The number of rotatable bonds is 4. The molecular weight excluding hydrogens is 358 g/mol. The van der Waals surface area contributed by atoms with Gasteiger partial charge < -0.3 is 10.0 Å². The van der Waals surface area contributed by atoms with Crippen molar-refractivity contribution in [3.8, 4) is 22.5 Å². The van der Waals surface area contributed by atoms with Gasteiger partial charge in [0.25, 0.3) is 0 Å². The van der Waals surface area contributed by atoms with E-state index in [2.05, 4.69) is 55.1 Å². The summed E-state index contributed by atoms with van der Waals surface area (Å²) in [6, 6.07) is 16.7. The van der Waals surface area contributed by atoms with Gasteiger partial charge in [0.05, 0.1) is 18.0 Å². The van der Waals surface area contributed by atoms with Crippen molar-refractivity contribution in [3.05, 3.63) is 65.9 Å². The fraction of sp³-hybridized carbons (Fsp3) is 0.360. The standard InChI is InChI=1S/C25H29N3O/c1-3-19-11-5-7-14-22(19)24-25(28-15-9-8-12-20(29)17-28)27-23(16-26-24)21-13-6-4-10-18(21)2/h4-7,10-11,13-14,16,20,29H,3,8-9,12,15,17H2,1-2H3. The van der Waals surface area contributed by atoms with Crippen molar-refractivity contribution in [2.75, 3.05) is 18.0 Å². The zero-order valence-corrected chi connectivity index (χ0v) is 17.3. The molecule has 4 rings (SSSR count). The summed E-state index contributed by atoms with van der Waals surface area (Å²) >= 11 is 0. The van der Waals surface area contributed by atoms with Crippen molar-refractivity contribution in [2.24, 2.45) is 0 Å². The third-order valence-electron chi connectivity index (χ3n) is 5.77. The Morgan fingerprint density at radius 3 is 2.59 bits per heavy atom. The Bertz CT molecular complexity index is 985. The predicted molar refractivity (Wildman–Crippen MR) is 119 cm³/mol. The van der Waals surface area contributed by atoms with Crippen molar-refractivity contribution in [1.29, 1.82) is 0 Å². The van der Waals surface area contributed by atoms with Gasteiger partial charge in [-0.1, -0.05) is 55.5 Å². The quantitative estimate of drug-likeness (QED) is 0.682. The number of β-amino-alcohol motifs (C(OH)–C–C–N with tert-alkyl or cyclic N) is 1. The summed E-state index contributed by atoms with van der Waals surface area (Å²) in [7, 11) is 0. The van der Waals surface area contributed by atoms with Gasteiger partial charge >= 0.3 is 0 Å². The largest absolute Gasteiger partial charge is 0.391 e. The van der Waals surface area contributed by atoms with Gasteiger partial charge in [0.2, 0.25) is 0 Å². The Balaban J connectivity index is 1.87. The lowest BCUT2D eigenvalue weighted by Crippen LogP contribution is -2.32. The third kappa shape index (κ3) is 4.18. The van der Waals surface area contributed by atoms with Gasteiger partial charge in [-0.15, -0.1) is 0 Å². The van der Waals surface area contributed by atoms with Crippen molar-refractivity contribution in [3.63, 3.8) is 0 Å². The van der Waals surface area contributed by atoms with Crippen LogP contribution >= 0.6 is 0 Å². The molecule has 29 heavy (non-hydrogen) atoms. The van der Waals surface area contributed by atoms with Gasteiger partial charge in [-0.2, -0.15) is 0 Å². The van der Waals surface area contributed by atoms with Crippen LogP contribution in [0.2, 0.25) is 0 Å². The van der Waals surface area contributed by atoms with E-state index in [1.807, 2.05) is 18.3 Å². The molecule has 1 atom stereocenters. The molecular formula is C25H29N3O. The van der Waals surface area contributed by atoms with Crippen LogP contribution in [0.5, 0.6) is 0 Å². The van der Waals surface area contributed by atoms with E-state index in [0.717, 1.165) is 60.6 Å². The number of aromatic nitrogens is 2.